The van der Waals surface area contributed by atoms with Gasteiger partial charge in [0.25, 0.3) is 0 Å². The van der Waals surface area contributed by atoms with Crippen LogP contribution in [0.15, 0.2) is 255 Å². The van der Waals surface area contributed by atoms with Gasteiger partial charge in [-0.3, -0.25) is 0 Å². The predicted octanol–water partition coefficient (Wildman–Crippen LogP) is 17.8. The lowest BCUT2D eigenvalue weighted by Crippen LogP contribution is -2.13. The Bertz CT molecular complexity index is 3670. The molecule has 0 atom stereocenters. The highest BCUT2D eigenvalue weighted by atomic mass is 15.2. The summed E-state index contributed by atoms with van der Waals surface area (Å²) in [6.07, 6.45) is 0. The number of anilines is 8. The Morgan fingerprint density at radius 1 is 0.262 bits per heavy atom. The van der Waals surface area contributed by atoms with Crippen LogP contribution in [0.1, 0.15) is 0 Å². The van der Waals surface area contributed by atoms with E-state index in [4.69, 9.17) is 0 Å². The molecule has 65 heavy (non-hydrogen) atoms. The Kier molecular flexibility index (Phi) is 9.50. The molecular formula is C62H43N3. The van der Waals surface area contributed by atoms with Gasteiger partial charge >= 0.3 is 0 Å². The number of para-hydroxylation sites is 2. The van der Waals surface area contributed by atoms with E-state index in [1.807, 2.05) is 0 Å². The van der Waals surface area contributed by atoms with Crippen molar-refractivity contribution < 1.29 is 0 Å². The van der Waals surface area contributed by atoms with Crippen molar-refractivity contribution in [1.29, 1.82) is 0 Å². The number of benzene rings is 12. The summed E-state index contributed by atoms with van der Waals surface area (Å²) in [5.41, 5.74) is 11.0. The summed E-state index contributed by atoms with van der Waals surface area (Å²) >= 11 is 0. The monoisotopic (exact) mass is 829 g/mol. The highest BCUT2D eigenvalue weighted by Crippen LogP contribution is 2.46. The van der Waals surface area contributed by atoms with E-state index < -0.39 is 0 Å². The first-order chi connectivity index (χ1) is 32.2. The Labute approximate surface area is 378 Å². The van der Waals surface area contributed by atoms with E-state index in [0.29, 0.717) is 0 Å². The zero-order chi connectivity index (χ0) is 43.1. The smallest absolute Gasteiger partial charge is 0.0618 e. The highest BCUT2D eigenvalue weighted by Gasteiger charge is 2.21. The fourth-order valence-corrected chi connectivity index (χ4v) is 9.68. The van der Waals surface area contributed by atoms with Crippen LogP contribution in [0.3, 0.4) is 0 Å². The Balaban J connectivity index is 0.970. The molecule has 0 fully saturated rings. The number of fused-ring (bicyclic) bond motifs is 5. The van der Waals surface area contributed by atoms with Crippen LogP contribution in [0.25, 0.3) is 65.0 Å². The molecule has 306 valence electrons. The molecule has 3 nitrogen and oxygen atoms in total. The molecule has 0 spiro atoms. The van der Waals surface area contributed by atoms with Gasteiger partial charge in [0.15, 0.2) is 0 Å². The maximum absolute atomic E-state index is 3.77. The van der Waals surface area contributed by atoms with Crippen molar-refractivity contribution in [1.82, 2.24) is 0 Å². The molecule has 0 amide bonds. The van der Waals surface area contributed by atoms with Crippen molar-refractivity contribution in [2.45, 2.75) is 0 Å². The zero-order valence-electron chi connectivity index (χ0n) is 35.6. The van der Waals surface area contributed by atoms with Gasteiger partial charge in [0, 0.05) is 55.8 Å². The Morgan fingerprint density at radius 3 is 1.48 bits per heavy atom. The second-order valence-electron chi connectivity index (χ2n) is 16.6. The molecular weight excluding hydrogens is 787 g/mol. The fraction of sp³-hybridized carbons (Fsp3) is 0. The molecule has 0 saturated carbocycles. The average molecular weight is 830 g/mol. The summed E-state index contributed by atoms with van der Waals surface area (Å²) in [4.78, 5) is 4.81. The number of hydrogen-bond acceptors (Lipinski definition) is 3. The molecule has 0 aromatic heterocycles. The van der Waals surface area contributed by atoms with E-state index in [2.05, 4.69) is 270 Å². The molecule has 0 heterocycles. The van der Waals surface area contributed by atoms with Crippen LogP contribution in [-0.4, -0.2) is 0 Å². The average Bonchev–Trinajstić information content (AvgIpc) is 3.37. The van der Waals surface area contributed by atoms with E-state index >= 15 is 0 Å². The maximum atomic E-state index is 3.77. The van der Waals surface area contributed by atoms with Gasteiger partial charge in [-0.1, -0.05) is 164 Å². The Hall–Kier alpha value is -8.66. The molecule has 12 aromatic rings. The first kappa shape index (κ1) is 38.0. The third-order valence-corrected chi connectivity index (χ3v) is 12.7. The lowest BCUT2D eigenvalue weighted by molar-refractivity contribution is 1.27. The van der Waals surface area contributed by atoms with Gasteiger partial charge in [0.1, 0.15) is 0 Å². The van der Waals surface area contributed by atoms with Crippen molar-refractivity contribution in [3.63, 3.8) is 0 Å². The first-order valence-corrected chi connectivity index (χ1v) is 22.3. The van der Waals surface area contributed by atoms with Crippen LogP contribution in [0.5, 0.6) is 0 Å². The van der Waals surface area contributed by atoms with Crippen LogP contribution in [0.4, 0.5) is 45.5 Å². The van der Waals surface area contributed by atoms with Crippen molar-refractivity contribution >= 4 is 99.4 Å². The fourth-order valence-electron chi connectivity index (χ4n) is 9.68. The third kappa shape index (κ3) is 6.97. The minimum Gasteiger partial charge on any atom is -0.355 e. The lowest BCUT2D eigenvalue weighted by Gasteiger charge is -2.30. The molecule has 3 heteroatoms. The topological polar surface area (TPSA) is 18.5 Å². The zero-order valence-corrected chi connectivity index (χ0v) is 35.6. The summed E-state index contributed by atoms with van der Waals surface area (Å²) in [5, 5.41) is 15.9. The summed E-state index contributed by atoms with van der Waals surface area (Å²) in [6.45, 7) is 0. The lowest BCUT2D eigenvalue weighted by atomic mass is 9.96. The van der Waals surface area contributed by atoms with Crippen LogP contribution in [0, 0.1) is 0 Å². The van der Waals surface area contributed by atoms with E-state index in [1.165, 1.54) is 70.7 Å². The van der Waals surface area contributed by atoms with Crippen LogP contribution in [-0.2, 0) is 0 Å². The van der Waals surface area contributed by atoms with Crippen LogP contribution < -0.4 is 15.1 Å². The first-order valence-electron chi connectivity index (χ1n) is 22.3. The number of nitrogens with one attached hydrogen (secondary N) is 1. The van der Waals surface area contributed by atoms with Gasteiger partial charge in [0.2, 0.25) is 0 Å². The molecule has 12 aromatic carbocycles. The van der Waals surface area contributed by atoms with Crippen molar-refractivity contribution in [3.8, 4) is 11.1 Å². The van der Waals surface area contributed by atoms with Gasteiger partial charge in [-0.2, -0.15) is 0 Å². The van der Waals surface area contributed by atoms with Crippen molar-refractivity contribution in [2.24, 2.45) is 0 Å². The Morgan fingerprint density at radius 2 is 0.738 bits per heavy atom. The van der Waals surface area contributed by atoms with Crippen molar-refractivity contribution in [2.75, 3.05) is 15.1 Å². The summed E-state index contributed by atoms with van der Waals surface area (Å²) in [6, 6.07) is 92.1. The standard InChI is InChI=1S/C62H43N3/c1-2-23-50(24-3-1)65(62-56-27-11-8-20-47(56)41-48-40-45-18-4-5-19-46(45)42-59(48)62)53-38-36-52(37-39-53)64(61-31-15-22-44-17-7-10-26-55(44)61)51-34-32-49(33-35-51)63-60-30-13-12-28-58(60)57-29-14-21-43-16-6-9-25-54(43)57/h1-42,63H. The predicted molar refractivity (Wildman–Crippen MR) is 278 cm³/mol. The SMILES string of the molecule is c1ccc(N(c2ccc(N(c3ccc(Nc4ccccc4-c4cccc5ccccc45)cc3)c3cccc4ccccc34)cc2)c2c3ccccc3cc3cc4ccccc4cc23)cc1. The van der Waals surface area contributed by atoms with E-state index in [0.717, 1.165) is 39.8 Å². The normalized spacial score (nSPS) is 11.4. The van der Waals surface area contributed by atoms with Crippen molar-refractivity contribution in [3.05, 3.63) is 255 Å². The molecule has 0 aliphatic heterocycles. The van der Waals surface area contributed by atoms with E-state index in [1.54, 1.807) is 0 Å². The van der Waals surface area contributed by atoms with Gasteiger partial charge < -0.3 is 15.1 Å². The molecule has 1 N–H and O–H groups in total. The second-order valence-corrected chi connectivity index (χ2v) is 16.6. The van der Waals surface area contributed by atoms with E-state index in [-0.39, 0.29) is 0 Å². The summed E-state index contributed by atoms with van der Waals surface area (Å²) in [7, 11) is 0. The molecule has 0 saturated heterocycles. The van der Waals surface area contributed by atoms with Crippen LogP contribution >= 0.6 is 0 Å². The number of rotatable bonds is 9. The van der Waals surface area contributed by atoms with E-state index in [9.17, 15) is 0 Å². The van der Waals surface area contributed by atoms with Gasteiger partial charge in [-0.05, 0) is 134 Å². The molecule has 0 unspecified atom stereocenters. The molecule has 0 aliphatic carbocycles. The molecule has 0 bridgehead atoms. The number of hydrogen-bond donors (Lipinski definition) is 1. The summed E-state index contributed by atoms with van der Waals surface area (Å²) < 4.78 is 0. The maximum Gasteiger partial charge on any atom is 0.0618 e. The highest BCUT2D eigenvalue weighted by molar-refractivity contribution is 6.17. The summed E-state index contributed by atoms with van der Waals surface area (Å²) in [5.74, 6) is 0. The molecule has 0 aliphatic rings. The quantitative estimate of drug-likeness (QED) is 0.146. The second kappa shape index (κ2) is 16.2. The molecule has 12 rings (SSSR count). The van der Waals surface area contributed by atoms with Gasteiger partial charge in [0.05, 0.1) is 11.4 Å². The van der Waals surface area contributed by atoms with Gasteiger partial charge in [-0.15, -0.1) is 0 Å². The largest absolute Gasteiger partial charge is 0.355 e. The third-order valence-electron chi connectivity index (χ3n) is 12.7. The molecule has 0 radical (unpaired) electrons. The van der Waals surface area contributed by atoms with Crippen LogP contribution in [0.2, 0.25) is 0 Å². The number of nitrogens with zero attached hydrogens (tertiary/aromatic N) is 2. The minimum absolute atomic E-state index is 1.02. The minimum atomic E-state index is 1.02. The van der Waals surface area contributed by atoms with Gasteiger partial charge in [-0.25, -0.2) is 0 Å².